The van der Waals surface area contributed by atoms with Gasteiger partial charge in [0.15, 0.2) is 11.5 Å². The Bertz CT molecular complexity index is 539. The second-order valence-corrected chi connectivity index (χ2v) is 5.65. The minimum Gasteiger partial charge on any atom is -0.486 e. The van der Waals surface area contributed by atoms with E-state index in [1.807, 2.05) is 12.1 Å². The molecule has 0 spiro atoms. The van der Waals surface area contributed by atoms with Crippen LogP contribution < -0.4 is 20.9 Å². The van der Waals surface area contributed by atoms with Crippen molar-refractivity contribution in [3.8, 4) is 11.5 Å². The predicted octanol–water partition coefficient (Wildman–Crippen LogP) is 0.737. The number of amides is 1. The predicted molar refractivity (Wildman–Crippen MR) is 79.0 cm³/mol. The van der Waals surface area contributed by atoms with Crippen LogP contribution in [-0.4, -0.2) is 37.1 Å². The minimum atomic E-state index is -0.187. The molecule has 2 aliphatic rings. The molecular formula is C15H21N3O3. The standard InChI is InChI=1S/C15H21N3O3/c16-12-8-14-13(20-5-6-21-14)7-11(12)9-18-3-1-10(2-4-18)15(17)19/h7-8,10H,1-6,9,16H2,(H2,17,19). The number of piperidine rings is 1. The van der Waals surface area contributed by atoms with Crippen LogP contribution in [0.25, 0.3) is 0 Å². The lowest BCUT2D eigenvalue weighted by Gasteiger charge is -2.31. The number of benzene rings is 1. The molecule has 6 heteroatoms. The van der Waals surface area contributed by atoms with Gasteiger partial charge in [-0.3, -0.25) is 9.69 Å². The average molecular weight is 291 g/mol. The smallest absolute Gasteiger partial charge is 0.220 e. The van der Waals surface area contributed by atoms with Crippen molar-refractivity contribution in [3.63, 3.8) is 0 Å². The fourth-order valence-corrected chi connectivity index (χ4v) is 2.90. The number of likely N-dealkylation sites (tertiary alicyclic amines) is 1. The Labute approximate surface area is 124 Å². The van der Waals surface area contributed by atoms with E-state index in [1.165, 1.54) is 0 Å². The maximum absolute atomic E-state index is 11.2. The van der Waals surface area contributed by atoms with Gasteiger partial charge in [0.1, 0.15) is 13.2 Å². The van der Waals surface area contributed by atoms with Crippen LogP contribution in [0.1, 0.15) is 18.4 Å². The van der Waals surface area contributed by atoms with Gasteiger partial charge in [0.2, 0.25) is 5.91 Å². The molecule has 2 aliphatic heterocycles. The number of fused-ring (bicyclic) bond motifs is 1. The van der Waals surface area contributed by atoms with Crippen LogP contribution in [0.4, 0.5) is 5.69 Å². The summed E-state index contributed by atoms with van der Waals surface area (Å²) in [5.74, 6) is 1.31. The highest BCUT2D eigenvalue weighted by Gasteiger charge is 2.24. The van der Waals surface area contributed by atoms with E-state index in [4.69, 9.17) is 20.9 Å². The van der Waals surface area contributed by atoms with Crippen LogP contribution >= 0.6 is 0 Å². The van der Waals surface area contributed by atoms with Gasteiger partial charge < -0.3 is 20.9 Å². The summed E-state index contributed by atoms with van der Waals surface area (Å²) in [5, 5.41) is 0. The van der Waals surface area contributed by atoms with Gasteiger partial charge >= 0.3 is 0 Å². The first-order chi connectivity index (χ1) is 10.1. The first-order valence-corrected chi connectivity index (χ1v) is 7.33. The number of nitrogens with zero attached hydrogens (tertiary/aromatic N) is 1. The molecule has 0 saturated carbocycles. The molecule has 2 heterocycles. The lowest BCUT2D eigenvalue weighted by atomic mass is 9.96. The highest BCUT2D eigenvalue weighted by molar-refractivity contribution is 5.76. The first kappa shape index (κ1) is 14.0. The summed E-state index contributed by atoms with van der Waals surface area (Å²) in [6.45, 7) is 3.61. The van der Waals surface area contributed by atoms with Crippen LogP contribution in [0, 0.1) is 5.92 Å². The van der Waals surface area contributed by atoms with Crippen LogP contribution in [0.15, 0.2) is 12.1 Å². The van der Waals surface area contributed by atoms with Crippen LogP contribution in [0.5, 0.6) is 11.5 Å². The van der Waals surface area contributed by atoms with Crippen LogP contribution in [0.3, 0.4) is 0 Å². The summed E-state index contributed by atoms with van der Waals surface area (Å²) in [4.78, 5) is 13.5. The molecule has 1 amide bonds. The van der Waals surface area contributed by atoms with Gasteiger partial charge in [-0.25, -0.2) is 0 Å². The van der Waals surface area contributed by atoms with Gasteiger partial charge in [-0.2, -0.15) is 0 Å². The highest BCUT2D eigenvalue weighted by atomic mass is 16.6. The number of rotatable bonds is 3. The molecule has 0 aromatic heterocycles. The van der Waals surface area contributed by atoms with E-state index < -0.39 is 0 Å². The summed E-state index contributed by atoms with van der Waals surface area (Å²) < 4.78 is 11.1. The summed E-state index contributed by atoms with van der Waals surface area (Å²) >= 11 is 0. The Kier molecular flexibility index (Phi) is 3.88. The number of hydrogen-bond acceptors (Lipinski definition) is 5. The van der Waals surface area contributed by atoms with E-state index in [-0.39, 0.29) is 11.8 Å². The van der Waals surface area contributed by atoms with Gasteiger partial charge in [-0.05, 0) is 37.6 Å². The van der Waals surface area contributed by atoms with Gasteiger partial charge in [0.25, 0.3) is 0 Å². The zero-order chi connectivity index (χ0) is 14.8. The van der Waals surface area contributed by atoms with Crippen molar-refractivity contribution in [3.05, 3.63) is 17.7 Å². The Morgan fingerprint density at radius 2 is 1.81 bits per heavy atom. The zero-order valence-electron chi connectivity index (χ0n) is 12.0. The van der Waals surface area contributed by atoms with E-state index in [9.17, 15) is 4.79 Å². The molecular weight excluding hydrogens is 270 g/mol. The van der Waals surface area contributed by atoms with E-state index in [0.29, 0.717) is 13.2 Å². The minimum absolute atomic E-state index is 0.0128. The normalized spacial score (nSPS) is 19.4. The first-order valence-electron chi connectivity index (χ1n) is 7.33. The number of hydrogen-bond donors (Lipinski definition) is 2. The van der Waals surface area contributed by atoms with Crippen molar-refractivity contribution in [2.24, 2.45) is 11.7 Å². The monoisotopic (exact) mass is 291 g/mol. The third-order valence-corrected chi connectivity index (χ3v) is 4.19. The summed E-state index contributed by atoms with van der Waals surface area (Å²) in [5.41, 5.74) is 13.2. The molecule has 0 bridgehead atoms. The van der Waals surface area contributed by atoms with Crippen molar-refractivity contribution in [1.82, 2.24) is 4.90 Å². The summed E-state index contributed by atoms with van der Waals surface area (Å²) in [7, 11) is 0. The second kappa shape index (κ2) is 5.81. The molecule has 1 saturated heterocycles. The number of nitrogen functional groups attached to an aromatic ring is 1. The molecule has 1 aromatic carbocycles. The number of carbonyl (C=O) groups is 1. The molecule has 6 nitrogen and oxygen atoms in total. The number of primary amides is 1. The molecule has 0 unspecified atom stereocenters. The fourth-order valence-electron chi connectivity index (χ4n) is 2.90. The molecule has 114 valence electrons. The Hall–Kier alpha value is -1.95. The zero-order valence-corrected chi connectivity index (χ0v) is 12.0. The molecule has 0 radical (unpaired) electrons. The number of nitrogens with two attached hydrogens (primary N) is 2. The molecule has 0 atom stereocenters. The van der Waals surface area contributed by atoms with Crippen molar-refractivity contribution in [2.75, 3.05) is 32.0 Å². The Balaban J connectivity index is 1.67. The summed E-state index contributed by atoms with van der Waals surface area (Å²) in [6.07, 6.45) is 1.64. The second-order valence-electron chi connectivity index (χ2n) is 5.65. The van der Waals surface area contributed by atoms with E-state index >= 15 is 0 Å². The summed E-state index contributed by atoms with van der Waals surface area (Å²) in [6, 6.07) is 3.80. The highest BCUT2D eigenvalue weighted by Crippen LogP contribution is 2.35. The van der Waals surface area contributed by atoms with Crippen LogP contribution in [-0.2, 0) is 11.3 Å². The van der Waals surface area contributed by atoms with E-state index in [1.54, 1.807) is 0 Å². The fraction of sp³-hybridized carbons (Fsp3) is 0.533. The molecule has 4 N–H and O–H groups in total. The number of anilines is 1. The lowest BCUT2D eigenvalue weighted by molar-refractivity contribution is -0.123. The molecule has 0 aliphatic carbocycles. The molecule has 3 rings (SSSR count). The Morgan fingerprint density at radius 1 is 1.19 bits per heavy atom. The van der Waals surface area contributed by atoms with Crippen molar-refractivity contribution < 1.29 is 14.3 Å². The molecule has 1 aromatic rings. The Morgan fingerprint density at radius 3 is 2.43 bits per heavy atom. The van der Waals surface area contributed by atoms with E-state index in [2.05, 4.69) is 4.90 Å². The molecule has 1 fully saturated rings. The lowest BCUT2D eigenvalue weighted by Crippen LogP contribution is -2.38. The van der Waals surface area contributed by atoms with Gasteiger partial charge in [0.05, 0.1) is 0 Å². The van der Waals surface area contributed by atoms with Gasteiger partial charge in [-0.1, -0.05) is 0 Å². The third-order valence-electron chi connectivity index (χ3n) is 4.19. The maximum atomic E-state index is 11.2. The van der Waals surface area contributed by atoms with Gasteiger partial charge in [0, 0.05) is 24.2 Å². The van der Waals surface area contributed by atoms with Crippen molar-refractivity contribution in [2.45, 2.75) is 19.4 Å². The van der Waals surface area contributed by atoms with E-state index in [0.717, 1.165) is 55.2 Å². The van der Waals surface area contributed by atoms with Crippen molar-refractivity contribution >= 4 is 11.6 Å². The average Bonchev–Trinajstić information content (AvgIpc) is 2.48. The quantitative estimate of drug-likeness (QED) is 0.801. The van der Waals surface area contributed by atoms with Crippen molar-refractivity contribution in [1.29, 1.82) is 0 Å². The number of ether oxygens (including phenoxy) is 2. The van der Waals surface area contributed by atoms with Crippen LogP contribution in [0.2, 0.25) is 0 Å². The molecule has 21 heavy (non-hydrogen) atoms. The topological polar surface area (TPSA) is 90.8 Å². The maximum Gasteiger partial charge on any atom is 0.220 e. The SMILES string of the molecule is NC(=O)C1CCN(Cc2cc3c(cc2N)OCCO3)CC1. The number of carbonyl (C=O) groups excluding carboxylic acids is 1. The third kappa shape index (κ3) is 3.05. The van der Waals surface area contributed by atoms with Gasteiger partial charge in [-0.15, -0.1) is 0 Å². The largest absolute Gasteiger partial charge is 0.486 e.